The third-order valence-electron chi connectivity index (χ3n) is 4.58. The highest BCUT2D eigenvalue weighted by molar-refractivity contribution is 5.85. The first kappa shape index (κ1) is 22.1. The predicted molar refractivity (Wildman–Crippen MR) is 108 cm³/mol. The number of rotatable bonds is 9. The van der Waals surface area contributed by atoms with Crippen LogP contribution < -0.4 is 0 Å². The molecular weight excluding hydrogens is 330 g/mol. The Morgan fingerprint density at radius 3 is 2.38 bits per heavy atom. The number of unbranched alkanes of at least 4 members (excludes halogenated alkanes) is 1. The van der Waals surface area contributed by atoms with Crippen molar-refractivity contribution >= 4 is 5.71 Å². The summed E-state index contributed by atoms with van der Waals surface area (Å²) in [5.41, 5.74) is 4.34. The van der Waals surface area contributed by atoms with Gasteiger partial charge < -0.3 is 4.90 Å². The van der Waals surface area contributed by atoms with Crippen LogP contribution in [-0.4, -0.2) is 24.2 Å². The summed E-state index contributed by atoms with van der Waals surface area (Å²) in [5, 5.41) is 0. The number of hydrogen-bond donors (Lipinski definition) is 0. The Kier molecular flexibility index (Phi) is 8.19. The molecule has 2 nitrogen and oxygen atoms in total. The number of alkyl halides is 2. The lowest BCUT2D eigenvalue weighted by atomic mass is 9.98. The normalized spacial score (nSPS) is 13.5. The zero-order chi connectivity index (χ0) is 19.9. The standard InChI is InChI=1S/C22H32F2N2/c1-8-9-14-26(7)19(5)17(3)18(4)25-16(2)15-20-12-10-11-13-21(20)22(6,23)24/h10-13H,5,8-9,14-15H2,1-4,6-7H3/b18-17+,25-16?. The molecule has 0 fully saturated rings. The monoisotopic (exact) mass is 362 g/mol. The molecule has 1 rings (SSSR count). The Morgan fingerprint density at radius 1 is 1.19 bits per heavy atom. The van der Waals surface area contributed by atoms with Gasteiger partial charge in [-0.3, -0.25) is 4.99 Å². The Morgan fingerprint density at radius 2 is 1.81 bits per heavy atom. The van der Waals surface area contributed by atoms with E-state index in [0.717, 1.165) is 49.0 Å². The van der Waals surface area contributed by atoms with Crippen LogP contribution in [0.4, 0.5) is 8.78 Å². The average Bonchev–Trinajstić information content (AvgIpc) is 2.57. The molecule has 0 aromatic heterocycles. The topological polar surface area (TPSA) is 15.6 Å². The summed E-state index contributed by atoms with van der Waals surface area (Å²) >= 11 is 0. The minimum absolute atomic E-state index is 0.0663. The van der Waals surface area contributed by atoms with Gasteiger partial charge in [-0.25, -0.2) is 8.78 Å². The number of benzene rings is 1. The summed E-state index contributed by atoms with van der Waals surface area (Å²) in [7, 11) is 2.03. The third-order valence-corrected chi connectivity index (χ3v) is 4.58. The van der Waals surface area contributed by atoms with Crippen LogP contribution in [0.25, 0.3) is 0 Å². The molecule has 26 heavy (non-hydrogen) atoms. The van der Waals surface area contributed by atoms with Crippen molar-refractivity contribution in [2.45, 2.75) is 59.8 Å². The van der Waals surface area contributed by atoms with Gasteiger partial charge in [0, 0.05) is 49.6 Å². The molecule has 4 heteroatoms. The number of hydrogen-bond acceptors (Lipinski definition) is 2. The van der Waals surface area contributed by atoms with Crippen molar-refractivity contribution in [2.75, 3.05) is 13.6 Å². The average molecular weight is 363 g/mol. The molecule has 0 aliphatic carbocycles. The number of halogens is 2. The largest absolute Gasteiger partial charge is 0.375 e. The molecule has 144 valence electrons. The second-order valence-electron chi connectivity index (χ2n) is 7.00. The summed E-state index contributed by atoms with van der Waals surface area (Å²) in [6.45, 7) is 14.0. The molecule has 0 N–H and O–H groups in total. The van der Waals surface area contributed by atoms with Gasteiger partial charge in [0.1, 0.15) is 0 Å². The lowest BCUT2D eigenvalue weighted by Gasteiger charge is -2.23. The molecule has 0 bridgehead atoms. The number of nitrogens with zero attached hydrogens (tertiary/aromatic N) is 2. The molecule has 0 radical (unpaired) electrons. The van der Waals surface area contributed by atoms with Gasteiger partial charge in [0.25, 0.3) is 5.92 Å². The first-order chi connectivity index (χ1) is 12.1. The fourth-order valence-electron chi connectivity index (χ4n) is 2.81. The van der Waals surface area contributed by atoms with Crippen molar-refractivity contribution in [3.63, 3.8) is 0 Å². The van der Waals surface area contributed by atoms with Gasteiger partial charge in [-0.1, -0.05) is 44.2 Å². The molecule has 0 amide bonds. The van der Waals surface area contributed by atoms with Crippen molar-refractivity contribution in [3.8, 4) is 0 Å². The predicted octanol–water partition coefficient (Wildman–Crippen LogP) is 6.34. The van der Waals surface area contributed by atoms with E-state index in [1.165, 1.54) is 6.07 Å². The fourth-order valence-corrected chi connectivity index (χ4v) is 2.81. The summed E-state index contributed by atoms with van der Waals surface area (Å²) in [6, 6.07) is 6.67. The van der Waals surface area contributed by atoms with Crippen LogP contribution in [0, 0.1) is 0 Å². The second kappa shape index (κ2) is 9.65. The quantitative estimate of drug-likeness (QED) is 0.369. The van der Waals surface area contributed by atoms with Crippen molar-refractivity contribution in [3.05, 3.63) is 58.9 Å². The van der Waals surface area contributed by atoms with E-state index in [4.69, 9.17) is 0 Å². The second-order valence-corrected chi connectivity index (χ2v) is 7.00. The van der Waals surface area contributed by atoms with E-state index in [-0.39, 0.29) is 5.56 Å². The van der Waals surface area contributed by atoms with Crippen LogP contribution >= 0.6 is 0 Å². The van der Waals surface area contributed by atoms with E-state index in [1.54, 1.807) is 18.2 Å². The maximum Gasteiger partial charge on any atom is 0.270 e. The van der Waals surface area contributed by atoms with E-state index in [9.17, 15) is 8.78 Å². The SMILES string of the molecule is C=C(/C(C)=C(\C)N=C(C)Cc1ccccc1C(C)(F)F)N(C)CCCC. The number of allylic oxidation sites excluding steroid dienone is 2. The van der Waals surface area contributed by atoms with Crippen LogP contribution in [0.3, 0.4) is 0 Å². The van der Waals surface area contributed by atoms with Crippen molar-refractivity contribution in [1.29, 1.82) is 0 Å². The summed E-state index contributed by atoms with van der Waals surface area (Å²) in [6.07, 6.45) is 2.66. The van der Waals surface area contributed by atoms with Crippen LogP contribution in [0.5, 0.6) is 0 Å². The van der Waals surface area contributed by atoms with Gasteiger partial charge in [-0.05, 0) is 38.3 Å². The van der Waals surface area contributed by atoms with Gasteiger partial charge in [-0.2, -0.15) is 0 Å². The van der Waals surface area contributed by atoms with Gasteiger partial charge in [0.05, 0.1) is 0 Å². The van der Waals surface area contributed by atoms with Crippen LogP contribution in [0.1, 0.15) is 58.6 Å². The molecule has 0 aliphatic rings. The Labute approximate surface area is 157 Å². The van der Waals surface area contributed by atoms with Gasteiger partial charge in [0.15, 0.2) is 0 Å². The third kappa shape index (κ3) is 6.40. The molecule has 0 atom stereocenters. The highest BCUT2D eigenvalue weighted by Crippen LogP contribution is 2.30. The van der Waals surface area contributed by atoms with Gasteiger partial charge in [0.2, 0.25) is 0 Å². The first-order valence-electron chi connectivity index (χ1n) is 9.16. The molecular formula is C22H32F2N2. The maximum atomic E-state index is 13.8. The smallest absolute Gasteiger partial charge is 0.270 e. The Balaban J connectivity index is 2.98. The van der Waals surface area contributed by atoms with Crippen LogP contribution in [0.15, 0.2) is 52.8 Å². The van der Waals surface area contributed by atoms with E-state index in [2.05, 4.69) is 23.4 Å². The minimum atomic E-state index is -2.85. The van der Waals surface area contributed by atoms with Crippen LogP contribution in [0.2, 0.25) is 0 Å². The highest BCUT2D eigenvalue weighted by Gasteiger charge is 2.27. The molecule has 0 saturated heterocycles. The summed E-state index contributed by atoms with van der Waals surface area (Å²) < 4.78 is 27.6. The summed E-state index contributed by atoms with van der Waals surface area (Å²) in [4.78, 5) is 6.78. The van der Waals surface area contributed by atoms with Gasteiger partial charge in [-0.15, -0.1) is 0 Å². The van der Waals surface area contributed by atoms with Gasteiger partial charge >= 0.3 is 0 Å². The summed E-state index contributed by atoms with van der Waals surface area (Å²) in [5.74, 6) is -2.85. The van der Waals surface area contributed by atoms with Crippen LogP contribution in [-0.2, 0) is 12.3 Å². The Bertz CT molecular complexity index is 682. The highest BCUT2D eigenvalue weighted by atomic mass is 19.3. The van der Waals surface area contributed by atoms with Crippen molar-refractivity contribution in [1.82, 2.24) is 4.90 Å². The van der Waals surface area contributed by atoms with E-state index in [1.807, 2.05) is 27.8 Å². The molecule has 1 aromatic carbocycles. The molecule has 0 unspecified atom stereocenters. The molecule has 0 heterocycles. The lowest BCUT2D eigenvalue weighted by Crippen LogP contribution is -2.19. The van der Waals surface area contributed by atoms with Crippen molar-refractivity contribution in [2.24, 2.45) is 4.99 Å². The van der Waals surface area contributed by atoms with E-state index in [0.29, 0.717) is 12.0 Å². The first-order valence-corrected chi connectivity index (χ1v) is 9.16. The van der Waals surface area contributed by atoms with Crippen molar-refractivity contribution < 1.29 is 8.78 Å². The molecule has 0 aliphatic heterocycles. The Hall–Kier alpha value is -1.97. The number of aliphatic imine (C=N–C) groups is 1. The minimum Gasteiger partial charge on any atom is -0.375 e. The molecule has 1 aromatic rings. The zero-order valence-electron chi connectivity index (χ0n) is 17.0. The molecule has 0 spiro atoms. The molecule has 0 saturated carbocycles. The number of likely N-dealkylation sites (N-methyl/N-ethyl adjacent to an activating group) is 1. The van der Waals surface area contributed by atoms with E-state index >= 15 is 0 Å². The maximum absolute atomic E-state index is 13.8. The zero-order valence-corrected chi connectivity index (χ0v) is 17.0. The van der Waals surface area contributed by atoms with E-state index < -0.39 is 5.92 Å². The fraction of sp³-hybridized carbons (Fsp3) is 0.500. The lowest BCUT2D eigenvalue weighted by molar-refractivity contribution is 0.0167.